The van der Waals surface area contributed by atoms with Crippen LogP contribution in [0.2, 0.25) is 0 Å². The van der Waals surface area contributed by atoms with Crippen LogP contribution in [-0.2, 0) is 19.0 Å². The van der Waals surface area contributed by atoms with Gasteiger partial charge in [0.25, 0.3) is 0 Å². The van der Waals surface area contributed by atoms with Crippen LogP contribution in [-0.4, -0.2) is 78.0 Å². The first-order valence-electron chi connectivity index (χ1n) is 17.9. The molecule has 7 nitrogen and oxygen atoms in total. The topological polar surface area (TPSA) is 88.5 Å². The number of hydrogen-bond donors (Lipinski definition) is 2. The Bertz CT molecular complexity index is 1140. The number of amides is 1. The second-order valence-electron chi connectivity index (χ2n) is 17.7. The predicted molar refractivity (Wildman–Crippen MR) is 162 cm³/mol. The molecule has 7 unspecified atom stereocenters. The zero-order chi connectivity index (χ0) is 30.2. The SMILES string of the molecule is C[C@@H]1CC(CO)OC2C1[C@@]1(C)CCC34C[C@@]35CC[C@H](OC3CN(C(=O)CC6CC6)CCO3)C(C)(C)C5CC[C@H]4C1(C)[C@H]2O. The number of nitrogens with zero attached hydrogens (tertiary/aromatic N) is 1. The quantitative estimate of drug-likeness (QED) is 0.454. The molecule has 0 aromatic carbocycles. The van der Waals surface area contributed by atoms with Gasteiger partial charge in [-0.25, -0.2) is 0 Å². The highest BCUT2D eigenvalue weighted by molar-refractivity contribution is 5.76. The third kappa shape index (κ3) is 3.87. The van der Waals surface area contributed by atoms with Crippen molar-refractivity contribution >= 4 is 5.91 Å². The van der Waals surface area contributed by atoms with Gasteiger partial charge in [-0.1, -0.05) is 34.6 Å². The summed E-state index contributed by atoms with van der Waals surface area (Å²) in [6.07, 6.45) is 11.4. The number of hydrogen-bond acceptors (Lipinski definition) is 6. The Kier molecular flexibility index (Phi) is 6.66. The Morgan fingerprint density at radius 1 is 1.00 bits per heavy atom. The predicted octanol–water partition coefficient (Wildman–Crippen LogP) is 5.16. The highest BCUT2D eigenvalue weighted by Gasteiger charge is 2.84. The number of aliphatic hydroxyl groups excluding tert-OH is 2. The molecule has 43 heavy (non-hydrogen) atoms. The lowest BCUT2D eigenvalue weighted by molar-refractivity contribution is -0.248. The molecule has 7 heteroatoms. The molecule has 8 fully saturated rings. The molecule has 0 aromatic rings. The molecule has 2 aliphatic heterocycles. The molecule has 13 atom stereocenters. The number of aliphatic hydroxyl groups is 2. The lowest BCUT2D eigenvalue weighted by Gasteiger charge is -2.64. The average molecular weight is 600 g/mol. The molecular weight excluding hydrogens is 542 g/mol. The van der Waals surface area contributed by atoms with E-state index in [2.05, 4.69) is 34.6 Å². The molecule has 8 rings (SSSR count). The van der Waals surface area contributed by atoms with E-state index in [-0.39, 0.29) is 53.4 Å². The molecule has 0 bridgehead atoms. The second kappa shape index (κ2) is 9.65. The van der Waals surface area contributed by atoms with E-state index in [0.29, 0.717) is 66.5 Å². The van der Waals surface area contributed by atoms with Crippen LogP contribution in [0.1, 0.15) is 105 Å². The number of ether oxygens (including phenoxy) is 3. The van der Waals surface area contributed by atoms with Crippen LogP contribution in [0.3, 0.4) is 0 Å². The van der Waals surface area contributed by atoms with Gasteiger partial charge in [0.05, 0.1) is 44.2 Å². The molecule has 242 valence electrons. The Balaban J connectivity index is 1.01. The first-order valence-corrected chi connectivity index (χ1v) is 17.9. The van der Waals surface area contributed by atoms with Crippen LogP contribution in [0.4, 0.5) is 0 Å². The minimum atomic E-state index is -0.475. The van der Waals surface area contributed by atoms with Crippen LogP contribution >= 0.6 is 0 Å². The molecule has 0 radical (unpaired) electrons. The smallest absolute Gasteiger partial charge is 0.223 e. The summed E-state index contributed by atoms with van der Waals surface area (Å²) in [6.45, 7) is 14.0. The summed E-state index contributed by atoms with van der Waals surface area (Å²) in [4.78, 5) is 14.8. The number of morpholine rings is 1. The van der Waals surface area contributed by atoms with Crippen molar-refractivity contribution in [1.82, 2.24) is 4.90 Å². The summed E-state index contributed by atoms with van der Waals surface area (Å²) in [7, 11) is 0. The first-order chi connectivity index (χ1) is 20.4. The van der Waals surface area contributed by atoms with Gasteiger partial charge < -0.3 is 29.3 Å². The molecule has 2 saturated heterocycles. The van der Waals surface area contributed by atoms with E-state index >= 15 is 0 Å². The minimum Gasteiger partial charge on any atom is -0.394 e. The molecule has 2 N–H and O–H groups in total. The van der Waals surface area contributed by atoms with Gasteiger partial charge in [0, 0.05) is 18.4 Å². The third-order valence-corrected chi connectivity index (χ3v) is 15.9. The Morgan fingerprint density at radius 3 is 2.49 bits per heavy atom. The lowest BCUT2D eigenvalue weighted by atomic mass is 9.41. The van der Waals surface area contributed by atoms with Gasteiger partial charge in [-0.15, -0.1) is 0 Å². The summed E-state index contributed by atoms with van der Waals surface area (Å²) < 4.78 is 19.4. The molecule has 2 heterocycles. The van der Waals surface area contributed by atoms with Gasteiger partial charge in [-0.2, -0.15) is 0 Å². The van der Waals surface area contributed by atoms with Crippen molar-refractivity contribution in [1.29, 1.82) is 0 Å². The normalized spacial score (nSPS) is 55.0. The van der Waals surface area contributed by atoms with E-state index in [9.17, 15) is 15.0 Å². The van der Waals surface area contributed by atoms with Gasteiger partial charge >= 0.3 is 0 Å². The number of fused-ring (bicyclic) bond motifs is 4. The molecule has 6 saturated carbocycles. The van der Waals surface area contributed by atoms with Crippen molar-refractivity contribution in [3.8, 4) is 0 Å². The maximum Gasteiger partial charge on any atom is 0.223 e. The Labute approximate surface area is 258 Å². The van der Waals surface area contributed by atoms with Crippen LogP contribution in [0.5, 0.6) is 0 Å². The monoisotopic (exact) mass is 599 g/mol. The third-order valence-electron chi connectivity index (χ3n) is 15.9. The van der Waals surface area contributed by atoms with E-state index in [1.165, 1.54) is 51.4 Å². The van der Waals surface area contributed by atoms with E-state index in [0.717, 1.165) is 12.8 Å². The molecule has 0 aromatic heterocycles. The molecule has 2 spiro atoms. The maximum absolute atomic E-state index is 12.8. The zero-order valence-corrected chi connectivity index (χ0v) is 27.4. The summed E-state index contributed by atoms with van der Waals surface area (Å²) in [5, 5.41) is 22.2. The highest BCUT2D eigenvalue weighted by Crippen LogP contribution is 2.89. The number of rotatable bonds is 5. The first kappa shape index (κ1) is 29.7. The van der Waals surface area contributed by atoms with Crippen LogP contribution in [0.25, 0.3) is 0 Å². The van der Waals surface area contributed by atoms with Gasteiger partial charge in [-0.05, 0) is 115 Å². The van der Waals surface area contributed by atoms with Crippen molar-refractivity contribution in [3.05, 3.63) is 0 Å². The van der Waals surface area contributed by atoms with Gasteiger partial charge in [-0.3, -0.25) is 4.79 Å². The second-order valence-corrected chi connectivity index (χ2v) is 17.7. The lowest BCUT2D eigenvalue weighted by Crippen LogP contribution is -2.60. The minimum absolute atomic E-state index is 0.0340. The standard InChI is InChI=1S/C36H57NO6/c1-21-16-23(19-38)42-30-29(21)33(4)12-13-36-20-35(36)11-10-26(32(2,3)24(35)8-9-25(36)34(33,5)31(30)40)43-28-18-37(14-15-41-28)27(39)17-22-6-7-22/h21-26,28-31,38,40H,6-20H2,1-5H3/t21-,23?,24?,25+,26+,28?,29?,30?,31+,33-,34?,35-,36?/m1/s1. The number of carbonyl (C=O) groups excluding carboxylic acids is 1. The van der Waals surface area contributed by atoms with Crippen LogP contribution < -0.4 is 0 Å². The van der Waals surface area contributed by atoms with Crippen molar-refractivity contribution in [2.45, 2.75) is 136 Å². The fourth-order valence-corrected chi connectivity index (χ4v) is 13.6. The van der Waals surface area contributed by atoms with E-state index in [1.807, 2.05) is 4.90 Å². The average Bonchev–Trinajstić information content (AvgIpc) is 3.90. The van der Waals surface area contributed by atoms with Crippen molar-refractivity contribution in [2.24, 2.45) is 56.7 Å². The van der Waals surface area contributed by atoms with Crippen molar-refractivity contribution in [3.63, 3.8) is 0 Å². The summed E-state index contributed by atoms with van der Waals surface area (Å²) in [5.41, 5.74) is 0.578. The Morgan fingerprint density at radius 2 is 1.74 bits per heavy atom. The zero-order valence-electron chi connectivity index (χ0n) is 27.4. The van der Waals surface area contributed by atoms with E-state index in [4.69, 9.17) is 14.2 Å². The summed E-state index contributed by atoms with van der Waals surface area (Å²) >= 11 is 0. The molecule has 8 aliphatic rings. The number of carbonyl (C=O) groups is 1. The molecule has 1 amide bonds. The fraction of sp³-hybridized carbons (Fsp3) is 0.972. The highest BCUT2D eigenvalue weighted by atomic mass is 16.7. The van der Waals surface area contributed by atoms with E-state index in [1.54, 1.807) is 0 Å². The van der Waals surface area contributed by atoms with Crippen molar-refractivity contribution < 1.29 is 29.2 Å². The van der Waals surface area contributed by atoms with Gasteiger partial charge in [0.15, 0.2) is 6.29 Å². The van der Waals surface area contributed by atoms with E-state index < -0.39 is 6.10 Å². The van der Waals surface area contributed by atoms with Gasteiger partial charge in [0.2, 0.25) is 5.91 Å². The largest absolute Gasteiger partial charge is 0.394 e. The Hall–Kier alpha value is -0.730. The van der Waals surface area contributed by atoms with Crippen LogP contribution in [0, 0.1) is 56.7 Å². The van der Waals surface area contributed by atoms with Crippen LogP contribution in [0.15, 0.2) is 0 Å². The van der Waals surface area contributed by atoms with Gasteiger partial charge in [0.1, 0.15) is 0 Å². The maximum atomic E-state index is 12.8. The summed E-state index contributed by atoms with van der Waals surface area (Å²) in [5.74, 6) is 2.80. The fourth-order valence-electron chi connectivity index (χ4n) is 13.6. The molecule has 6 aliphatic carbocycles. The molecular formula is C36H57NO6. The van der Waals surface area contributed by atoms with Crippen molar-refractivity contribution in [2.75, 3.05) is 26.3 Å². The summed E-state index contributed by atoms with van der Waals surface area (Å²) in [6, 6.07) is 0.